The van der Waals surface area contributed by atoms with Gasteiger partial charge in [-0.2, -0.15) is 0 Å². The first-order chi connectivity index (χ1) is 11.4. The Balaban J connectivity index is 2.02. The molecule has 3 N–H and O–H groups in total. The van der Waals surface area contributed by atoms with Gasteiger partial charge in [0.2, 0.25) is 0 Å². The van der Waals surface area contributed by atoms with Crippen LogP contribution in [0.4, 0.5) is 4.79 Å². The standard InChI is InChI=1S/C16H18ClN3O3S/c1-9-14(10(2)20-16(23)18-8-7-13(21)22)24-15(19-9)11-3-5-12(17)6-4-11/h3-6,10H,7-8H2,1-2H3,(H,21,22)(H2,18,20,23). The summed E-state index contributed by atoms with van der Waals surface area (Å²) >= 11 is 7.40. The number of nitrogens with one attached hydrogen (secondary N) is 2. The number of hydrogen-bond acceptors (Lipinski definition) is 4. The average Bonchev–Trinajstić information content (AvgIpc) is 2.89. The van der Waals surface area contributed by atoms with Crippen LogP contribution in [-0.2, 0) is 4.79 Å². The fourth-order valence-electron chi connectivity index (χ4n) is 2.12. The normalized spacial score (nSPS) is 11.8. The molecular formula is C16H18ClN3O3S. The lowest BCUT2D eigenvalue weighted by atomic mass is 10.2. The molecule has 0 radical (unpaired) electrons. The molecule has 0 fully saturated rings. The van der Waals surface area contributed by atoms with Crippen LogP contribution in [0.2, 0.25) is 5.02 Å². The number of aryl methyl sites for hydroxylation is 1. The highest BCUT2D eigenvalue weighted by molar-refractivity contribution is 7.15. The Hall–Kier alpha value is -2.12. The van der Waals surface area contributed by atoms with Gasteiger partial charge < -0.3 is 15.7 Å². The summed E-state index contributed by atoms with van der Waals surface area (Å²) in [6.45, 7) is 3.85. The number of nitrogens with zero attached hydrogens (tertiary/aromatic N) is 1. The van der Waals surface area contributed by atoms with Crippen LogP contribution in [0.5, 0.6) is 0 Å². The van der Waals surface area contributed by atoms with Crippen molar-refractivity contribution >= 4 is 34.9 Å². The van der Waals surface area contributed by atoms with Crippen LogP contribution in [0, 0.1) is 6.92 Å². The van der Waals surface area contributed by atoms with Gasteiger partial charge in [-0.3, -0.25) is 4.79 Å². The van der Waals surface area contributed by atoms with E-state index in [0.717, 1.165) is 21.1 Å². The zero-order valence-corrected chi connectivity index (χ0v) is 14.9. The predicted molar refractivity (Wildman–Crippen MR) is 94.5 cm³/mol. The van der Waals surface area contributed by atoms with Crippen molar-refractivity contribution in [2.75, 3.05) is 6.54 Å². The minimum absolute atomic E-state index is 0.0889. The maximum atomic E-state index is 11.8. The summed E-state index contributed by atoms with van der Waals surface area (Å²) in [5.41, 5.74) is 1.82. The SMILES string of the molecule is Cc1nc(-c2ccc(Cl)cc2)sc1C(C)NC(=O)NCCC(=O)O. The summed E-state index contributed by atoms with van der Waals surface area (Å²) in [7, 11) is 0. The van der Waals surface area contributed by atoms with E-state index in [9.17, 15) is 9.59 Å². The maximum Gasteiger partial charge on any atom is 0.315 e. The van der Waals surface area contributed by atoms with Crippen molar-refractivity contribution in [3.8, 4) is 10.6 Å². The lowest BCUT2D eigenvalue weighted by molar-refractivity contribution is -0.136. The first-order valence-electron chi connectivity index (χ1n) is 7.36. The Morgan fingerprint density at radius 2 is 2.00 bits per heavy atom. The molecule has 1 heterocycles. The van der Waals surface area contributed by atoms with Gasteiger partial charge in [0.25, 0.3) is 0 Å². The topological polar surface area (TPSA) is 91.3 Å². The Kier molecular flexibility index (Phi) is 6.16. The van der Waals surface area contributed by atoms with Crippen molar-refractivity contribution in [3.63, 3.8) is 0 Å². The van der Waals surface area contributed by atoms with E-state index in [2.05, 4.69) is 15.6 Å². The summed E-state index contributed by atoms with van der Waals surface area (Å²) in [6.07, 6.45) is -0.109. The molecule has 0 bridgehead atoms. The first-order valence-corrected chi connectivity index (χ1v) is 8.55. The van der Waals surface area contributed by atoms with Gasteiger partial charge in [0, 0.05) is 17.1 Å². The van der Waals surface area contributed by atoms with Gasteiger partial charge in [0.1, 0.15) is 5.01 Å². The number of carbonyl (C=O) groups excluding carboxylic acids is 1. The van der Waals surface area contributed by atoms with Crippen molar-refractivity contribution in [3.05, 3.63) is 39.9 Å². The number of carbonyl (C=O) groups is 2. The lowest BCUT2D eigenvalue weighted by Crippen LogP contribution is -2.37. The van der Waals surface area contributed by atoms with Crippen molar-refractivity contribution in [1.29, 1.82) is 0 Å². The molecule has 0 spiro atoms. The average molecular weight is 368 g/mol. The van der Waals surface area contributed by atoms with Crippen LogP contribution in [-0.4, -0.2) is 28.6 Å². The number of aromatic nitrogens is 1. The van der Waals surface area contributed by atoms with E-state index in [1.807, 2.05) is 38.1 Å². The number of aliphatic carboxylic acids is 1. The number of rotatable bonds is 6. The number of benzene rings is 1. The Labute approximate surface area is 148 Å². The molecule has 1 atom stereocenters. The molecule has 0 saturated heterocycles. The molecule has 8 heteroatoms. The quantitative estimate of drug-likeness (QED) is 0.727. The number of amides is 2. The van der Waals surface area contributed by atoms with E-state index >= 15 is 0 Å². The van der Waals surface area contributed by atoms with Gasteiger partial charge in [-0.15, -0.1) is 11.3 Å². The first kappa shape index (κ1) is 18.2. The molecule has 0 saturated carbocycles. The summed E-state index contributed by atoms with van der Waals surface area (Å²) < 4.78 is 0. The Bertz CT molecular complexity index is 731. The molecule has 1 unspecified atom stereocenters. The molecule has 2 aromatic rings. The van der Waals surface area contributed by atoms with E-state index in [4.69, 9.17) is 16.7 Å². The number of hydrogen-bond donors (Lipinski definition) is 3. The van der Waals surface area contributed by atoms with Gasteiger partial charge in [0.05, 0.1) is 23.0 Å². The fraction of sp³-hybridized carbons (Fsp3) is 0.312. The third-order valence-corrected chi connectivity index (χ3v) is 4.93. The molecule has 2 amide bonds. The highest BCUT2D eigenvalue weighted by atomic mass is 35.5. The van der Waals surface area contributed by atoms with E-state index < -0.39 is 12.0 Å². The van der Waals surface area contributed by atoms with Gasteiger partial charge in [-0.05, 0) is 26.0 Å². The largest absolute Gasteiger partial charge is 0.481 e. The lowest BCUT2D eigenvalue weighted by Gasteiger charge is -2.13. The zero-order chi connectivity index (χ0) is 17.7. The molecule has 6 nitrogen and oxygen atoms in total. The van der Waals surface area contributed by atoms with Crippen LogP contribution in [0.25, 0.3) is 10.6 Å². The minimum atomic E-state index is -0.950. The number of carboxylic acids is 1. The second-order valence-corrected chi connectivity index (χ2v) is 6.71. The highest BCUT2D eigenvalue weighted by Crippen LogP contribution is 2.32. The molecule has 0 aliphatic carbocycles. The second-order valence-electron chi connectivity index (χ2n) is 5.24. The van der Waals surface area contributed by atoms with E-state index in [0.29, 0.717) is 5.02 Å². The van der Waals surface area contributed by atoms with Crippen LogP contribution >= 0.6 is 22.9 Å². The molecule has 128 valence electrons. The third kappa shape index (κ3) is 4.94. The van der Waals surface area contributed by atoms with Gasteiger partial charge in [-0.1, -0.05) is 23.7 Å². The van der Waals surface area contributed by atoms with E-state index in [1.54, 1.807) is 0 Å². The monoisotopic (exact) mass is 367 g/mol. The zero-order valence-electron chi connectivity index (χ0n) is 13.3. The minimum Gasteiger partial charge on any atom is -0.481 e. The van der Waals surface area contributed by atoms with E-state index in [1.165, 1.54) is 11.3 Å². The molecular weight excluding hydrogens is 350 g/mol. The Morgan fingerprint density at radius 3 is 2.62 bits per heavy atom. The van der Waals surface area contributed by atoms with Crippen molar-refractivity contribution in [1.82, 2.24) is 15.6 Å². The van der Waals surface area contributed by atoms with Gasteiger partial charge >= 0.3 is 12.0 Å². The van der Waals surface area contributed by atoms with E-state index in [-0.39, 0.29) is 19.0 Å². The van der Waals surface area contributed by atoms with Crippen molar-refractivity contribution in [2.24, 2.45) is 0 Å². The van der Waals surface area contributed by atoms with Crippen molar-refractivity contribution in [2.45, 2.75) is 26.3 Å². The molecule has 1 aromatic heterocycles. The molecule has 0 aliphatic rings. The summed E-state index contributed by atoms with van der Waals surface area (Å²) in [5, 5.41) is 15.4. The molecule has 0 aliphatic heterocycles. The predicted octanol–water partition coefficient (Wildman–Crippen LogP) is 3.61. The Morgan fingerprint density at radius 1 is 1.33 bits per heavy atom. The third-order valence-electron chi connectivity index (χ3n) is 3.29. The smallest absolute Gasteiger partial charge is 0.315 e. The summed E-state index contributed by atoms with van der Waals surface area (Å²) in [4.78, 5) is 27.7. The number of urea groups is 1. The van der Waals surface area contributed by atoms with Crippen LogP contribution < -0.4 is 10.6 Å². The summed E-state index contributed by atoms with van der Waals surface area (Å²) in [6, 6.07) is 6.80. The van der Waals surface area contributed by atoms with Gasteiger partial charge in [0.15, 0.2) is 0 Å². The fourth-order valence-corrected chi connectivity index (χ4v) is 3.32. The molecule has 2 rings (SSSR count). The van der Waals surface area contributed by atoms with Crippen LogP contribution in [0.15, 0.2) is 24.3 Å². The number of carboxylic acid groups (broad SMARTS) is 1. The molecule has 24 heavy (non-hydrogen) atoms. The molecule has 1 aromatic carbocycles. The number of thiazole rings is 1. The van der Waals surface area contributed by atoms with Crippen molar-refractivity contribution < 1.29 is 14.7 Å². The van der Waals surface area contributed by atoms with Gasteiger partial charge in [-0.25, -0.2) is 9.78 Å². The highest BCUT2D eigenvalue weighted by Gasteiger charge is 2.17. The summed E-state index contributed by atoms with van der Waals surface area (Å²) in [5.74, 6) is -0.950. The number of halogens is 1. The maximum absolute atomic E-state index is 11.8. The second kappa shape index (κ2) is 8.12. The van der Waals surface area contributed by atoms with Crippen LogP contribution in [0.3, 0.4) is 0 Å². The van der Waals surface area contributed by atoms with Crippen LogP contribution in [0.1, 0.15) is 30.0 Å².